The zero-order chi connectivity index (χ0) is 19.5. The van der Waals surface area contributed by atoms with Gasteiger partial charge in [0.2, 0.25) is 0 Å². The molecule has 1 amide bonds. The summed E-state index contributed by atoms with van der Waals surface area (Å²) in [4.78, 5) is 13.7. The van der Waals surface area contributed by atoms with E-state index in [1.807, 2.05) is 11.8 Å². The number of unbranched alkanes of at least 4 members (excludes halogenated alkanes) is 1. The van der Waals surface area contributed by atoms with Gasteiger partial charge in [-0.15, -0.1) is 0 Å². The van der Waals surface area contributed by atoms with E-state index in [2.05, 4.69) is 34.6 Å². The van der Waals surface area contributed by atoms with E-state index in [1.54, 1.807) is 0 Å². The molecule has 0 rings (SSSR count). The van der Waals surface area contributed by atoms with Crippen LogP contribution < -0.4 is 0 Å². The normalized spacial score (nSPS) is 10.8. The summed E-state index contributed by atoms with van der Waals surface area (Å²) in [6.07, 6.45) is 2.28. The monoisotopic (exact) mass is 379 g/mol. The largest absolute Gasteiger partial charge is 0.394 e. The van der Waals surface area contributed by atoms with Gasteiger partial charge in [0.05, 0.1) is 26.4 Å². The van der Waals surface area contributed by atoms with Crippen LogP contribution >= 0.6 is 11.8 Å². The molecule has 0 spiro atoms. The Morgan fingerprint density at radius 2 is 1.48 bits per heavy atom. The van der Waals surface area contributed by atoms with Gasteiger partial charge in [0, 0.05) is 19.7 Å². The summed E-state index contributed by atoms with van der Waals surface area (Å²) < 4.78 is 10.2. The van der Waals surface area contributed by atoms with Crippen molar-refractivity contribution in [1.29, 1.82) is 0 Å². The molecule has 0 aliphatic carbocycles. The molecule has 0 fully saturated rings. The molecular weight excluding hydrogens is 338 g/mol. The number of ether oxygens (including phenoxy) is 2. The van der Waals surface area contributed by atoms with Gasteiger partial charge >= 0.3 is 0 Å². The van der Waals surface area contributed by atoms with Crippen LogP contribution in [0.3, 0.4) is 0 Å². The van der Waals surface area contributed by atoms with E-state index >= 15 is 0 Å². The topological polar surface area (TPSA) is 59.0 Å². The highest BCUT2D eigenvalue weighted by atomic mass is 32.2. The molecule has 0 radical (unpaired) electrons. The van der Waals surface area contributed by atoms with Gasteiger partial charge in [-0.3, -0.25) is 4.79 Å². The fourth-order valence-electron chi connectivity index (χ4n) is 1.95. The second kappa shape index (κ2) is 20.0. The third kappa shape index (κ3) is 21.7. The number of carbonyl (C=O) groups excluding carboxylic acids is 1. The predicted octanol–water partition coefficient (Wildman–Crippen LogP) is 4.29. The first-order valence-electron chi connectivity index (χ1n) is 9.56. The number of hydrogen-bond donors (Lipinski definition) is 1. The molecule has 5 nitrogen and oxygen atoms in total. The molecular formula is C19H41NO4S. The number of hydrogen-bond acceptors (Lipinski definition) is 5. The summed E-state index contributed by atoms with van der Waals surface area (Å²) in [7, 11) is 0. The number of aliphatic hydroxyl groups excluding tert-OH is 1. The first-order valence-corrected chi connectivity index (χ1v) is 10.5. The van der Waals surface area contributed by atoms with E-state index in [0.29, 0.717) is 31.7 Å². The van der Waals surface area contributed by atoms with Crippen molar-refractivity contribution in [2.24, 2.45) is 11.8 Å². The van der Waals surface area contributed by atoms with Gasteiger partial charge in [-0.25, -0.2) is 0 Å². The molecule has 1 N–H and O–H groups in total. The molecule has 0 aliphatic rings. The van der Waals surface area contributed by atoms with E-state index in [1.165, 1.54) is 11.8 Å². The number of amides is 1. The van der Waals surface area contributed by atoms with Crippen LogP contribution in [0.2, 0.25) is 0 Å². The van der Waals surface area contributed by atoms with Gasteiger partial charge in [-0.1, -0.05) is 59.7 Å². The fourth-order valence-corrected chi connectivity index (χ4v) is 2.53. The average molecular weight is 380 g/mol. The van der Waals surface area contributed by atoms with Crippen molar-refractivity contribution in [3.8, 4) is 0 Å². The lowest BCUT2D eigenvalue weighted by Gasteiger charge is -2.25. The first-order chi connectivity index (χ1) is 11.9. The zero-order valence-corrected chi connectivity index (χ0v) is 18.1. The van der Waals surface area contributed by atoms with Crippen molar-refractivity contribution >= 4 is 17.0 Å². The highest BCUT2D eigenvalue weighted by molar-refractivity contribution is 8.13. The van der Waals surface area contributed by atoms with E-state index in [9.17, 15) is 4.79 Å². The van der Waals surface area contributed by atoms with Crippen LogP contribution in [0.25, 0.3) is 0 Å². The molecule has 0 heterocycles. The maximum Gasteiger partial charge on any atom is 0.281 e. The van der Waals surface area contributed by atoms with Crippen molar-refractivity contribution in [3.63, 3.8) is 0 Å². The highest BCUT2D eigenvalue weighted by Gasteiger charge is 2.15. The van der Waals surface area contributed by atoms with Crippen LogP contribution in [-0.4, -0.2) is 67.1 Å². The standard InChI is InChI=1S/C11H23NOS.C8H18O3/c1-6-14-11(13)12(7-9(2)3)8-10(4)5;1-2-3-5-10-7-8-11-6-4-9/h9-10H,6-8H2,1-5H3;9H,2-8H2,1H3. The third-order valence-electron chi connectivity index (χ3n) is 2.95. The Hall–Kier alpha value is -0.300. The molecule has 25 heavy (non-hydrogen) atoms. The van der Waals surface area contributed by atoms with Crippen LogP contribution in [0.1, 0.15) is 54.4 Å². The summed E-state index contributed by atoms with van der Waals surface area (Å²) in [6.45, 7) is 17.1. The maximum atomic E-state index is 11.7. The maximum absolute atomic E-state index is 11.7. The molecule has 0 saturated carbocycles. The Morgan fingerprint density at radius 3 is 1.88 bits per heavy atom. The second-order valence-electron chi connectivity index (χ2n) is 6.69. The molecule has 6 heteroatoms. The predicted molar refractivity (Wildman–Crippen MR) is 108 cm³/mol. The summed E-state index contributed by atoms with van der Waals surface area (Å²) in [6, 6.07) is 0. The summed E-state index contributed by atoms with van der Waals surface area (Å²) in [5.74, 6) is 1.97. The van der Waals surface area contributed by atoms with Crippen LogP contribution in [0.15, 0.2) is 0 Å². The molecule has 0 saturated heterocycles. The van der Waals surface area contributed by atoms with Crippen molar-refractivity contribution in [2.45, 2.75) is 54.4 Å². The Morgan fingerprint density at radius 1 is 0.960 bits per heavy atom. The Bertz CT molecular complexity index is 271. The molecule has 0 aliphatic heterocycles. The van der Waals surface area contributed by atoms with Crippen molar-refractivity contribution in [1.82, 2.24) is 4.90 Å². The highest BCUT2D eigenvalue weighted by Crippen LogP contribution is 2.12. The number of nitrogens with zero attached hydrogens (tertiary/aromatic N) is 1. The van der Waals surface area contributed by atoms with Crippen LogP contribution in [-0.2, 0) is 9.47 Å². The number of carbonyl (C=O) groups is 1. The lowest BCUT2D eigenvalue weighted by atomic mass is 10.1. The van der Waals surface area contributed by atoms with E-state index < -0.39 is 0 Å². The van der Waals surface area contributed by atoms with Gasteiger partial charge in [0.15, 0.2) is 0 Å². The molecule has 0 unspecified atom stereocenters. The van der Waals surface area contributed by atoms with Gasteiger partial charge in [-0.05, 0) is 24.0 Å². The first kappa shape index (κ1) is 26.9. The van der Waals surface area contributed by atoms with E-state index in [-0.39, 0.29) is 11.8 Å². The van der Waals surface area contributed by atoms with Gasteiger partial charge in [0.25, 0.3) is 5.24 Å². The summed E-state index contributed by atoms with van der Waals surface area (Å²) in [5, 5.41) is 8.57. The SMILES string of the molecule is CCCCOCCOCCO.CCSC(=O)N(CC(C)C)CC(C)C. The molecule has 0 atom stereocenters. The van der Waals surface area contributed by atoms with Crippen LogP contribution in [0, 0.1) is 11.8 Å². The molecule has 0 aromatic heterocycles. The van der Waals surface area contributed by atoms with E-state index in [4.69, 9.17) is 14.6 Å². The Kier molecular flexibility index (Phi) is 21.6. The number of thioether (sulfide) groups is 1. The minimum Gasteiger partial charge on any atom is -0.394 e. The third-order valence-corrected chi connectivity index (χ3v) is 3.74. The number of aliphatic hydroxyl groups is 1. The molecule has 152 valence electrons. The molecule has 0 aromatic carbocycles. The lowest BCUT2D eigenvalue weighted by Crippen LogP contribution is -2.34. The fraction of sp³-hybridized carbons (Fsp3) is 0.947. The number of rotatable bonds is 13. The van der Waals surface area contributed by atoms with Crippen molar-refractivity contribution < 1.29 is 19.4 Å². The minimum atomic E-state index is 0.0922. The quantitative estimate of drug-likeness (QED) is 0.484. The smallest absolute Gasteiger partial charge is 0.281 e. The van der Waals surface area contributed by atoms with Crippen LogP contribution in [0.5, 0.6) is 0 Å². The average Bonchev–Trinajstić information content (AvgIpc) is 2.53. The minimum absolute atomic E-state index is 0.0922. The lowest BCUT2D eigenvalue weighted by molar-refractivity contribution is 0.0324. The molecule has 0 bridgehead atoms. The van der Waals surface area contributed by atoms with Crippen LogP contribution in [0.4, 0.5) is 4.79 Å². The van der Waals surface area contributed by atoms with Gasteiger partial charge < -0.3 is 19.5 Å². The van der Waals surface area contributed by atoms with E-state index in [0.717, 1.165) is 38.3 Å². The second-order valence-corrected chi connectivity index (χ2v) is 7.91. The van der Waals surface area contributed by atoms with Gasteiger partial charge in [0.1, 0.15) is 0 Å². The van der Waals surface area contributed by atoms with Gasteiger partial charge in [-0.2, -0.15) is 0 Å². The zero-order valence-electron chi connectivity index (χ0n) is 17.3. The summed E-state index contributed by atoms with van der Waals surface area (Å²) >= 11 is 1.41. The summed E-state index contributed by atoms with van der Waals surface area (Å²) in [5.41, 5.74) is 0. The van der Waals surface area contributed by atoms with Crippen molar-refractivity contribution in [2.75, 3.05) is 51.9 Å². The molecule has 0 aromatic rings. The van der Waals surface area contributed by atoms with Crippen molar-refractivity contribution in [3.05, 3.63) is 0 Å². The Balaban J connectivity index is 0. The Labute approximate surface area is 159 Å².